The van der Waals surface area contributed by atoms with Crippen LogP contribution in [-0.4, -0.2) is 18.4 Å². The Hall–Kier alpha value is -3.97. The number of nitrogens with zero attached hydrogens (tertiary/aromatic N) is 1. The molecule has 7 nitrogen and oxygen atoms in total. The van der Waals surface area contributed by atoms with E-state index in [0.29, 0.717) is 0 Å². The summed E-state index contributed by atoms with van der Waals surface area (Å²) in [7, 11) is 0. The molecule has 0 fully saturated rings. The van der Waals surface area contributed by atoms with Crippen molar-refractivity contribution in [1.82, 2.24) is 0 Å². The summed E-state index contributed by atoms with van der Waals surface area (Å²) >= 11 is 5.89. The van der Waals surface area contributed by atoms with Crippen LogP contribution in [0.1, 0.15) is 21.7 Å². The third-order valence-electron chi connectivity index (χ3n) is 4.14. The number of alkyl halides is 3. The maximum absolute atomic E-state index is 13.5. The van der Waals surface area contributed by atoms with Gasteiger partial charge in [-0.25, -0.2) is 0 Å². The Morgan fingerprint density at radius 1 is 1.06 bits per heavy atom. The number of anilines is 3. The van der Waals surface area contributed by atoms with Gasteiger partial charge in [-0.1, -0.05) is 11.6 Å². The molecule has 0 spiro atoms. The summed E-state index contributed by atoms with van der Waals surface area (Å²) in [4.78, 5) is 24.1. The summed E-state index contributed by atoms with van der Waals surface area (Å²) in [5, 5.41) is 16.2. The van der Waals surface area contributed by atoms with Gasteiger partial charge in [0.2, 0.25) is 5.91 Å². The molecule has 2 amide bonds. The molecule has 0 saturated heterocycles. The van der Waals surface area contributed by atoms with E-state index in [2.05, 4.69) is 16.0 Å². The second-order valence-corrected chi connectivity index (χ2v) is 6.80. The Balaban J connectivity index is 1.70. The van der Waals surface area contributed by atoms with Crippen LogP contribution < -0.4 is 16.0 Å². The van der Waals surface area contributed by atoms with Crippen LogP contribution >= 0.6 is 11.6 Å². The monoisotopic (exact) mass is 462 g/mol. The fourth-order valence-corrected chi connectivity index (χ4v) is 2.90. The van der Waals surface area contributed by atoms with Gasteiger partial charge in [0.1, 0.15) is 6.07 Å². The van der Waals surface area contributed by atoms with Crippen molar-refractivity contribution in [3.8, 4) is 6.07 Å². The molecule has 0 aliphatic carbocycles. The van der Waals surface area contributed by atoms with Gasteiger partial charge in [-0.05, 0) is 48.5 Å². The number of nitrogens with one attached hydrogen (secondary N) is 3. The predicted molar refractivity (Wildman–Crippen MR) is 111 cm³/mol. The molecule has 0 aliphatic rings. The van der Waals surface area contributed by atoms with E-state index in [1.807, 2.05) is 6.07 Å². The third-order valence-corrected chi connectivity index (χ3v) is 4.45. The summed E-state index contributed by atoms with van der Waals surface area (Å²) in [5.74, 6) is -1.39. The number of benzene rings is 2. The minimum Gasteiger partial charge on any atom is -0.459 e. The van der Waals surface area contributed by atoms with Crippen molar-refractivity contribution in [3.63, 3.8) is 0 Å². The zero-order chi connectivity index (χ0) is 23.3. The van der Waals surface area contributed by atoms with Crippen LogP contribution in [0.5, 0.6) is 0 Å². The number of carbonyl (C=O) groups is 2. The molecular weight excluding hydrogens is 449 g/mol. The Labute approximate surface area is 184 Å². The largest absolute Gasteiger partial charge is 0.459 e. The molecule has 0 bridgehead atoms. The highest BCUT2D eigenvalue weighted by Gasteiger charge is 2.34. The van der Waals surface area contributed by atoms with Crippen LogP contribution in [0.2, 0.25) is 5.02 Å². The lowest BCUT2D eigenvalue weighted by Gasteiger charge is -2.16. The number of amides is 2. The van der Waals surface area contributed by atoms with Crippen LogP contribution in [0, 0.1) is 11.3 Å². The molecule has 3 rings (SSSR count). The standard InChI is InChI=1S/C21H14ClF3N4O3/c22-16-9-14(4-3-12(16)10-26)28-19(30)11-27-17-6-5-13(8-15(17)21(23,24)25)29-20(31)18-2-1-7-32-18/h1-9,27H,11H2,(H,28,30)(H,29,31). The van der Waals surface area contributed by atoms with Crippen LogP contribution in [0.3, 0.4) is 0 Å². The summed E-state index contributed by atoms with van der Waals surface area (Å²) in [5.41, 5.74) is -1.00. The number of halogens is 4. The maximum Gasteiger partial charge on any atom is 0.418 e. The Kier molecular flexibility index (Phi) is 6.70. The zero-order valence-electron chi connectivity index (χ0n) is 16.1. The third kappa shape index (κ3) is 5.59. The van der Waals surface area contributed by atoms with Crippen LogP contribution in [0.4, 0.5) is 30.2 Å². The van der Waals surface area contributed by atoms with Crippen molar-refractivity contribution in [2.24, 2.45) is 0 Å². The molecule has 1 heterocycles. The fraction of sp³-hybridized carbons (Fsp3) is 0.0952. The molecule has 0 atom stereocenters. The molecule has 1 aromatic heterocycles. The first-order valence-electron chi connectivity index (χ1n) is 8.97. The molecule has 0 unspecified atom stereocenters. The number of carbonyl (C=O) groups excluding carboxylic acids is 2. The van der Waals surface area contributed by atoms with Crippen molar-refractivity contribution < 1.29 is 27.2 Å². The Morgan fingerprint density at radius 2 is 1.78 bits per heavy atom. The highest BCUT2D eigenvalue weighted by atomic mass is 35.5. The minimum atomic E-state index is -4.75. The number of hydrogen-bond acceptors (Lipinski definition) is 5. The summed E-state index contributed by atoms with van der Waals surface area (Å²) < 4.78 is 45.4. The lowest BCUT2D eigenvalue weighted by molar-refractivity contribution is -0.137. The fourth-order valence-electron chi connectivity index (χ4n) is 2.68. The van der Waals surface area contributed by atoms with E-state index < -0.39 is 30.1 Å². The number of rotatable bonds is 6. The second kappa shape index (κ2) is 9.45. The lowest BCUT2D eigenvalue weighted by atomic mass is 10.1. The topological polar surface area (TPSA) is 107 Å². The highest BCUT2D eigenvalue weighted by Crippen LogP contribution is 2.36. The van der Waals surface area contributed by atoms with Crippen molar-refractivity contribution in [2.75, 3.05) is 22.5 Å². The van der Waals surface area contributed by atoms with Crippen LogP contribution in [0.25, 0.3) is 0 Å². The second-order valence-electron chi connectivity index (χ2n) is 6.40. The molecule has 3 aromatic rings. The number of hydrogen-bond donors (Lipinski definition) is 3. The Morgan fingerprint density at radius 3 is 2.41 bits per heavy atom. The van der Waals surface area contributed by atoms with E-state index in [1.54, 1.807) is 0 Å². The van der Waals surface area contributed by atoms with E-state index in [-0.39, 0.29) is 33.4 Å². The van der Waals surface area contributed by atoms with Gasteiger partial charge in [0.25, 0.3) is 5.91 Å². The van der Waals surface area contributed by atoms with Crippen molar-refractivity contribution in [1.29, 1.82) is 5.26 Å². The molecule has 164 valence electrons. The Bertz CT molecular complexity index is 1190. The molecule has 0 aliphatic heterocycles. The normalized spacial score (nSPS) is 10.8. The molecular formula is C21H14ClF3N4O3. The van der Waals surface area contributed by atoms with Gasteiger partial charge >= 0.3 is 6.18 Å². The molecule has 0 saturated carbocycles. The van der Waals surface area contributed by atoms with Gasteiger partial charge in [-0.2, -0.15) is 18.4 Å². The molecule has 32 heavy (non-hydrogen) atoms. The predicted octanol–water partition coefficient (Wildman–Crippen LogP) is 5.13. The van der Waals surface area contributed by atoms with Gasteiger partial charge in [0, 0.05) is 17.1 Å². The van der Waals surface area contributed by atoms with E-state index in [1.165, 1.54) is 42.7 Å². The van der Waals surface area contributed by atoms with Gasteiger partial charge in [-0.3, -0.25) is 9.59 Å². The summed E-state index contributed by atoms with van der Waals surface area (Å²) in [6, 6.07) is 12.0. The zero-order valence-corrected chi connectivity index (χ0v) is 16.8. The minimum absolute atomic E-state index is 0.0552. The number of furan rings is 1. The molecule has 3 N–H and O–H groups in total. The van der Waals surface area contributed by atoms with Gasteiger partial charge in [-0.15, -0.1) is 0 Å². The highest BCUT2D eigenvalue weighted by molar-refractivity contribution is 6.32. The quantitative estimate of drug-likeness (QED) is 0.471. The average molecular weight is 463 g/mol. The maximum atomic E-state index is 13.5. The summed E-state index contributed by atoms with van der Waals surface area (Å²) in [6.07, 6.45) is -3.48. The van der Waals surface area contributed by atoms with Crippen LogP contribution in [-0.2, 0) is 11.0 Å². The first kappa shape index (κ1) is 22.7. The van der Waals surface area contributed by atoms with Gasteiger partial charge < -0.3 is 20.4 Å². The van der Waals surface area contributed by atoms with E-state index in [4.69, 9.17) is 21.3 Å². The van der Waals surface area contributed by atoms with Gasteiger partial charge in [0.05, 0.1) is 29.0 Å². The van der Waals surface area contributed by atoms with Crippen molar-refractivity contribution in [2.45, 2.75) is 6.18 Å². The first-order chi connectivity index (χ1) is 15.2. The average Bonchev–Trinajstić information content (AvgIpc) is 3.27. The van der Waals surface area contributed by atoms with E-state index in [9.17, 15) is 22.8 Å². The number of nitriles is 1. The molecule has 0 radical (unpaired) electrons. The summed E-state index contributed by atoms with van der Waals surface area (Å²) in [6.45, 7) is -0.473. The van der Waals surface area contributed by atoms with Crippen LogP contribution in [0.15, 0.2) is 59.2 Å². The molecule has 11 heteroatoms. The van der Waals surface area contributed by atoms with E-state index >= 15 is 0 Å². The first-order valence-corrected chi connectivity index (χ1v) is 9.34. The molecule has 2 aromatic carbocycles. The van der Waals surface area contributed by atoms with Crippen molar-refractivity contribution >= 4 is 40.5 Å². The SMILES string of the molecule is N#Cc1ccc(NC(=O)CNc2ccc(NC(=O)c3ccco3)cc2C(F)(F)F)cc1Cl. The smallest absolute Gasteiger partial charge is 0.418 e. The van der Waals surface area contributed by atoms with Gasteiger partial charge in [0.15, 0.2) is 5.76 Å². The van der Waals surface area contributed by atoms with E-state index in [0.717, 1.165) is 12.1 Å². The lowest BCUT2D eigenvalue weighted by Crippen LogP contribution is -2.23. The van der Waals surface area contributed by atoms with Crippen molar-refractivity contribution in [3.05, 3.63) is 76.7 Å².